The van der Waals surface area contributed by atoms with E-state index in [2.05, 4.69) is 5.32 Å². The highest BCUT2D eigenvalue weighted by Crippen LogP contribution is 2.18. The first-order chi connectivity index (χ1) is 14.6. The maximum absolute atomic E-state index is 13.6. The lowest BCUT2D eigenvalue weighted by Gasteiger charge is -2.29. The van der Waals surface area contributed by atoms with Gasteiger partial charge in [-0.15, -0.1) is 0 Å². The van der Waals surface area contributed by atoms with Gasteiger partial charge in [0.25, 0.3) is 5.91 Å². The standard InChI is InChI=1S/C23H30FN3O3/c1-29-21-6-3-18(4-7-21)9-10-25-23(28)17-27-13-11-26(12-14-27)16-19-15-20(24)5-8-22(19)30-2/h3-8,15H,9-14,16-17H2,1-2H3,(H,25,28)/p+2. The molecule has 0 unspecified atom stereocenters. The molecule has 3 N–H and O–H groups in total. The molecule has 0 spiro atoms. The van der Waals surface area contributed by atoms with E-state index >= 15 is 0 Å². The molecule has 2 aromatic rings. The van der Waals surface area contributed by atoms with E-state index in [4.69, 9.17) is 9.47 Å². The van der Waals surface area contributed by atoms with E-state index in [0.717, 1.165) is 56.2 Å². The lowest BCUT2D eigenvalue weighted by Crippen LogP contribution is -3.28. The van der Waals surface area contributed by atoms with E-state index in [-0.39, 0.29) is 11.7 Å². The number of benzene rings is 2. The minimum Gasteiger partial charge on any atom is -0.497 e. The van der Waals surface area contributed by atoms with Gasteiger partial charge in [0.2, 0.25) is 0 Å². The van der Waals surface area contributed by atoms with Crippen molar-refractivity contribution >= 4 is 5.91 Å². The maximum atomic E-state index is 13.6. The molecule has 1 heterocycles. The molecule has 0 aliphatic carbocycles. The van der Waals surface area contributed by atoms with Crippen molar-refractivity contribution in [2.24, 2.45) is 0 Å². The average Bonchev–Trinajstić information content (AvgIpc) is 2.76. The number of rotatable bonds is 9. The Morgan fingerprint density at radius 1 is 1.00 bits per heavy atom. The normalized spacial score (nSPS) is 18.6. The van der Waals surface area contributed by atoms with Crippen LogP contribution in [0.25, 0.3) is 0 Å². The number of quaternary nitrogens is 2. The molecule has 3 rings (SSSR count). The predicted octanol–water partition coefficient (Wildman–Crippen LogP) is -0.515. The van der Waals surface area contributed by atoms with Gasteiger partial charge < -0.3 is 24.6 Å². The summed E-state index contributed by atoms with van der Waals surface area (Å²) in [5.74, 6) is 1.42. The topological polar surface area (TPSA) is 56.4 Å². The highest BCUT2D eigenvalue weighted by Gasteiger charge is 2.25. The quantitative estimate of drug-likeness (QED) is 0.515. The third-order valence-corrected chi connectivity index (χ3v) is 5.65. The summed E-state index contributed by atoms with van der Waals surface area (Å²) in [5, 5.41) is 3.02. The van der Waals surface area contributed by atoms with Gasteiger partial charge in [0, 0.05) is 6.54 Å². The molecular weight excluding hydrogens is 385 g/mol. The van der Waals surface area contributed by atoms with Crippen molar-refractivity contribution in [1.29, 1.82) is 0 Å². The first-order valence-corrected chi connectivity index (χ1v) is 10.5. The number of piperazine rings is 1. The van der Waals surface area contributed by atoms with Crippen molar-refractivity contribution in [3.8, 4) is 11.5 Å². The van der Waals surface area contributed by atoms with E-state index < -0.39 is 0 Å². The number of halogens is 1. The van der Waals surface area contributed by atoms with E-state index in [9.17, 15) is 9.18 Å². The molecule has 162 valence electrons. The predicted molar refractivity (Wildman–Crippen MR) is 113 cm³/mol. The van der Waals surface area contributed by atoms with Crippen LogP contribution in [0.4, 0.5) is 4.39 Å². The van der Waals surface area contributed by atoms with E-state index in [1.54, 1.807) is 26.4 Å². The van der Waals surface area contributed by atoms with E-state index in [1.807, 2.05) is 24.3 Å². The van der Waals surface area contributed by atoms with Crippen LogP contribution in [0.15, 0.2) is 42.5 Å². The monoisotopic (exact) mass is 417 g/mol. The van der Waals surface area contributed by atoms with Crippen LogP contribution >= 0.6 is 0 Å². The van der Waals surface area contributed by atoms with Gasteiger partial charge in [-0.1, -0.05) is 12.1 Å². The summed E-state index contributed by atoms with van der Waals surface area (Å²) in [6.45, 7) is 5.64. The van der Waals surface area contributed by atoms with Gasteiger partial charge in [0.05, 0.1) is 19.8 Å². The average molecular weight is 418 g/mol. The molecule has 0 radical (unpaired) electrons. The molecule has 6 nitrogen and oxygen atoms in total. The van der Waals surface area contributed by atoms with Crippen LogP contribution < -0.4 is 24.6 Å². The van der Waals surface area contributed by atoms with Crippen LogP contribution in [0, 0.1) is 5.82 Å². The third kappa shape index (κ3) is 6.43. The second-order valence-corrected chi connectivity index (χ2v) is 7.76. The summed E-state index contributed by atoms with van der Waals surface area (Å²) in [5.41, 5.74) is 2.07. The van der Waals surface area contributed by atoms with Crippen LogP contribution in [0.1, 0.15) is 11.1 Å². The molecular formula is C23H32FN3O3+2. The summed E-state index contributed by atoms with van der Waals surface area (Å²) in [7, 11) is 3.26. The van der Waals surface area contributed by atoms with Crippen molar-refractivity contribution in [3.63, 3.8) is 0 Å². The van der Waals surface area contributed by atoms with Crippen molar-refractivity contribution < 1.29 is 28.5 Å². The van der Waals surface area contributed by atoms with Gasteiger partial charge in [0.15, 0.2) is 6.54 Å². The fourth-order valence-corrected chi connectivity index (χ4v) is 3.89. The Kier molecular flexibility index (Phi) is 8.04. The van der Waals surface area contributed by atoms with E-state index in [0.29, 0.717) is 13.1 Å². The molecule has 0 aromatic heterocycles. The van der Waals surface area contributed by atoms with Gasteiger partial charge >= 0.3 is 0 Å². The number of carbonyl (C=O) groups excluding carboxylic acids is 1. The molecule has 1 fully saturated rings. The van der Waals surface area contributed by atoms with Crippen LogP contribution in [0.3, 0.4) is 0 Å². The number of hydrogen-bond donors (Lipinski definition) is 3. The molecule has 1 aliphatic rings. The highest BCUT2D eigenvalue weighted by atomic mass is 19.1. The number of hydrogen-bond acceptors (Lipinski definition) is 3. The molecule has 2 aromatic carbocycles. The molecule has 0 bridgehead atoms. The smallest absolute Gasteiger partial charge is 0.275 e. The van der Waals surface area contributed by atoms with Crippen LogP contribution in [0.5, 0.6) is 11.5 Å². The second-order valence-electron chi connectivity index (χ2n) is 7.76. The molecule has 1 aliphatic heterocycles. The Morgan fingerprint density at radius 2 is 1.70 bits per heavy atom. The Bertz CT molecular complexity index is 821. The zero-order valence-electron chi connectivity index (χ0n) is 17.8. The van der Waals surface area contributed by atoms with Crippen molar-refractivity contribution in [3.05, 3.63) is 59.4 Å². The minimum absolute atomic E-state index is 0.0914. The molecule has 1 amide bonds. The lowest BCUT2D eigenvalue weighted by molar-refractivity contribution is -1.02. The molecule has 7 heteroatoms. The number of methoxy groups -OCH3 is 2. The Balaban J connectivity index is 1.37. The summed E-state index contributed by atoms with van der Waals surface area (Å²) in [6.07, 6.45) is 0.804. The Morgan fingerprint density at radius 3 is 2.37 bits per heavy atom. The van der Waals surface area contributed by atoms with Crippen molar-refractivity contribution in [2.75, 3.05) is 53.5 Å². The number of nitrogens with one attached hydrogen (secondary N) is 3. The fourth-order valence-electron chi connectivity index (χ4n) is 3.89. The second kappa shape index (κ2) is 10.9. The van der Waals surface area contributed by atoms with Gasteiger partial charge in [0.1, 0.15) is 50.0 Å². The number of amides is 1. The van der Waals surface area contributed by atoms with Crippen molar-refractivity contribution in [1.82, 2.24) is 5.32 Å². The van der Waals surface area contributed by atoms with Crippen LogP contribution in [-0.4, -0.2) is 59.4 Å². The van der Waals surface area contributed by atoms with Gasteiger partial charge in [-0.3, -0.25) is 4.79 Å². The van der Waals surface area contributed by atoms with Crippen LogP contribution in [0.2, 0.25) is 0 Å². The largest absolute Gasteiger partial charge is 0.497 e. The Hall–Kier alpha value is -2.64. The first kappa shape index (κ1) is 22.1. The number of ether oxygens (including phenoxy) is 2. The highest BCUT2D eigenvalue weighted by molar-refractivity contribution is 5.76. The molecule has 0 atom stereocenters. The van der Waals surface area contributed by atoms with E-state index in [1.165, 1.54) is 21.4 Å². The Labute approximate surface area is 177 Å². The minimum atomic E-state index is -0.235. The number of carbonyl (C=O) groups is 1. The van der Waals surface area contributed by atoms with Gasteiger partial charge in [-0.05, 0) is 42.3 Å². The van der Waals surface area contributed by atoms with Gasteiger partial charge in [-0.25, -0.2) is 4.39 Å². The first-order valence-electron chi connectivity index (χ1n) is 10.5. The third-order valence-electron chi connectivity index (χ3n) is 5.65. The zero-order chi connectivity index (χ0) is 21.3. The molecule has 1 saturated heterocycles. The SMILES string of the molecule is COc1ccc(CCNC(=O)C[NH+]2CC[NH+](Cc3cc(F)ccc3OC)CC2)cc1. The molecule has 0 saturated carbocycles. The summed E-state index contributed by atoms with van der Waals surface area (Å²) in [4.78, 5) is 15.0. The maximum Gasteiger partial charge on any atom is 0.275 e. The summed E-state index contributed by atoms with van der Waals surface area (Å²) < 4.78 is 24.1. The van der Waals surface area contributed by atoms with Crippen LogP contribution in [-0.2, 0) is 17.8 Å². The summed E-state index contributed by atoms with van der Waals surface area (Å²) in [6, 6.07) is 12.6. The fraction of sp³-hybridized carbons (Fsp3) is 0.435. The zero-order valence-corrected chi connectivity index (χ0v) is 17.8. The van der Waals surface area contributed by atoms with Gasteiger partial charge in [-0.2, -0.15) is 0 Å². The lowest BCUT2D eigenvalue weighted by atomic mass is 10.1. The summed E-state index contributed by atoms with van der Waals surface area (Å²) >= 11 is 0. The van der Waals surface area contributed by atoms with Crippen molar-refractivity contribution in [2.45, 2.75) is 13.0 Å². The molecule has 30 heavy (non-hydrogen) atoms.